The first-order chi connectivity index (χ1) is 34.0. The molecule has 404 valence electrons. The lowest BCUT2D eigenvalue weighted by Crippen LogP contribution is -2.45. The number of carbonyl (C=O) groups is 2. The fourth-order valence-corrected chi connectivity index (χ4v) is 9.13. The van der Waals surface area contributed by atoms with E-state index in [4.69, 9.17) is 4.74 Å². The summed E-state index contributed by atoms with van der Waals surface area (Å²) in [7, 11) is 0. The minimum absolute atomic E-state index is 0.0267. The van der Waals surface area contributed by atoms with Crippen molar-refractivity contribution in [3.8, 4) is 0 Å². The number of unbranched alkanes of at least 4 members (excludes halogenated alkanes) is 39. The number of hydrogen-bond acceptors (Lipinski definition) is 5. The first-order valence-electron chi connectivity index (χ1n) is 30.4. The van der Waals surface area contributed by atoms with E-state index >= 15 is 0 Å². The van der Waals surface area contributed by atoms with Crippen LogP contribution in [0.25, 0.3) is 0 Å². The van der Waals surface area contributed by atoms with E-state index in [2.05, 4.69) is 55.6 Å². The molecule has 0 aliphatic heterocycles. The van der Waals surface area contributed by atoms with Gasteiger partial charge in [-0.25, -0.2) is 0 Å². The van der Waals surface area contributed by atoms with Crippen LogP contribution in [0.1, 0.15) is 316 Å². The van der Waals surface area contributed by atoms with Gasteiger partial charge in [-0.05, 0) is 96.3 Å². The van der Waals surface area contributed by atoms with E-state index in [9.17, 15) is 19.8 Å². The first kappa shape index (κ1) is 66.8. The second-order valence-corrected chi connectivity index (χ2v) is 20.7. The van der Waals surface area contributed by atoms with Gasteiger partial charge in [0.05, 0.1) is 25.4 Å². The van der Waals surface area contributed by atoms with Gasteiger partial charge < -0.3 is 20.3 Å². The van der Waals surface area contributed by atoms with Crippen molar-refractivity contribution < 1.29 is 24.5 Å². The number of carbonyl (C=O) groups excluding carboxylic acids is 2. The summed E-state index contributed by atoms with van der Waals surface area (Å²) in [5.74, 6) is -0.109. The molecular formula is C63H117NO5. The maximum atomic E-state index is 12.5. The molecular weight excluding hydrogens is 851 g/mol. The largest absolute Gasteiger partial charge is 0.466 e. The van der Waals surface area contributed by atoms with Crippen LogP contribution < -0.4 is 5.32 Å². The molecule has 2 unspecified atom stereocenters. The third-order valence-electron chi connectivity index (χ3n) is 13.8. The van der Waals surface area contributed by atoms with Gasteiger partial charge in [-0.2, -0.15) is 0 Å². The third kappa shape index (κ3) is 55.0. The zero-order chi connectivity index (χ0) is 50.0. The van der Waals surface area contributed by atoms with Crippen molar-refractivity contribution >= 4 is 11.9 Å². The van der Waals surface area contributed by atoms with Crippen LogP contribution >= 0.6 is 0 Å². The van der Waals surface area contributed by atoms with Crippen LogP contribution in [-0.4, -0.2) is 47.4 Å². The van der Waals surface area contributed by atoms with Crippen molar-refractivity contribution in [1.29, 1.82) is 0 Å². The first-order valence-corrected chi connectivity index (χ1v) is 30.4. The molecule has 1 amide bonds. The highest BCUT2D eigenvalue weighted by atomic mass is 16.5. The Balaban J connectivity index is 3.54. The van der Waals surface area contributed by atoms with Crippen LogP contribution in [0, 0.1) is 0 Å². The number of hydrogen-bond donors (Lipinski definition) is 3. The number of ether oxygens (including phenoxy) is 1. The molecule has 0 heterocycles. The number of rotatable bonds is 56. The molecule has 0 aromatic carbocycles. The van der Waals surface area contributed by atoms with E-state index in [-0.39, 0.29) is 18.5 Å². The Kier molecular flexibility index (Phi) is 56.5. The van der Waals surface area contributed by atoms with Crippen LogP contribution in [0.3, 0.4) is 0 Å². The molecule has 0 fully saturated rings. The lowest BCUT2D eigenvalue weighted by atomic mass is 10.0. The number of amides is 1. The van der Waals surface area contributed by atoms with Gasteiger partial charge in [0.25, 0.3) is 0 Å². The molecule has 0 aliphatic carbocycles. The van der Waals surface area contributed by atoms with Gasteiger partial charge in [0.15, 0.2) is 0 Å². The molecule has 0 aromatic rings. The van der Waals surface area contributed by atoms with E-state index in [0.29, 0.717) is 19.4 Å². The van der Waals surface area contributed by atoms with Crippen LogP contribution in [0.15, 0.2) is 48.6 Å². The van der Waals surface area contributed by atoms with Gasteiger partial charge in [0.2, 0.25) is 5.91 Å². The molecule has 0 radical (unpaired) electrons. The van der Waals surface area contributed by atoms with Crippen LogP contribution in [0.2, 0.25) is 0 Å². The molecule has 6 nitrogen and oxygen atoms in total. The Bertz CT molecular complexity index is 1160. The number of allylic oxidation sites excluding steroid dienone is 7. The average Bonchev–Trinajstić information content (AvgIpc) is 3.35. The lowest BCUT2D eigenvalue weighted by molar-refractivity contribution is -0.143. The highest BCUT2D eigenvalue weighted by Gasteiger charge is 2.18. The molecule has 0 spiro atoms. The van der Waals surface area contributed by atoms with Crippen molar-refractivity contribution in [1.82, 2.24) is 5.32 Å². The van der Waals surface area contributed by atoms with Gasteiger partial charge in [-0.1, -0.05) is 255 Å². The zero-order valence-corrected chi connectivity index (χ0v) is 46.0. The molecule has 3 N–H and O–H groups in total. The number of aliphatic hydroxyl groups excluding tert-OH is 2. The summed E-state index contributed by atoms with van der Waals surface area (Å²) in [5.41, 5.74) is 0. The van der Waals surface area contributed by atoms with Crippen molar-refractivity contribution in [2.75, 3.05) is 13.2 Å². The Morgan fingerprint density at radius 3 is 1.14 bits per heavy atom. The summed E-state index contributed by atoms with van der Waals surface area (Å²) < 4.78 is 5.43. The Morgan fingerprint density at radius 2 is 0.725 bits per heavy atom. The number of esters is 1. The van der Waals surface area contributed by atoms with Gasteiger partial charge >= 0.3 is 5.97 Å². The Hall–Kier alpha value is -2.18. The van der Waals surface area contributed by atoms with Crippen molar-refractivity contribution in [2.45, 2.75) is 328 Å². The molecule has 0 saturated carbocycles. The van der Waals surface area contributed by atoms with Crippen LogP contribution in [-0.2, 0) is 14.3 Å². The molecule has 0 rings (SSSR count). The SMILES string of the molecule is CCCCC/C=C\CCCCCCCC(=O)OCCCCC/C=C\C/C=C\CCCCCCCCCC(=O)NC(CO)C(O)/C=C/CCCCCCCCCCCCCCCCCCCCCCC. The summed E-state index contributed by atoms with van der Waals surface area (Å²) >= 11 is 0. The number of aliphatic hydroxyl groups is 2. The molecule has 2 atom stereocenters. The van der Waals surface area contributed by atoms with Gasteiger partial charge in [0, 0.05) is 12.8 Å². The predicted molar refractivity (Wildman–Crippen MR) is 301 cm³/mol. The quantitative estimate of drug-likeness (QED) is 0.0321. The van der Waals surface area contributed by atoms with Gasteiger partial charge in [-0.3, -0.25) is 9.59 Å². The predicted octanol–water partition coefficient (Wildman–Crippen LogP) is 19.0. The molecule has 0 saturated heterocycles. The minimum atomic E-state index is -0.857. The second-order valence-electron chi connectivity index (χ2n) is 20.7. The van der Waals surface area contributed by atoms with Crippen molar-refractivity contribution in [3.63, 3.8) is 0 Å². The van der Waals surface area contributed by atoms with Crippen LogP contribution in [0.4, 0.5) is 0 Å². The summed E-state index contributed by atoms with van der Waals surface area (Å²) in [5, 5.41) is 23.2. The standard InChI is InChI=1S/C63H117NO5/c1-3-5-7-9-11-13-15-17-18-19-20-21-22-23-24-26-29-32-35-39-43-47-51-55-61(66)60(59-65)64-62(67)56-52-48-44-40-36-33-30-27-25-28-31-34-38-42-46-50-54-58-69-63(68)57-53-49-45-41-37-16-14-12-10-8-6-4-2/h12,14,25,28,34,38,51,55,60-61,65-66H,3-11,13,15-24,26-27,29-33,35-37,39-50,52-54,56-59H2,1-2H3,(H,64,67)/b14-12-,28-25-,38-34-,55-51+. The van der Waals surface area contributed by atoms with E-state index in [0.717, 1.165) is 83.5 Å². The fraction of sp³-hybridized carbons (Fsp3) is 0.841. The maximum absolute atomic E-state index is 12.5. The molecule has 0 bridgehead atoms. The van der Waals surface area contributed by atoms with Crippen molar-refractivity contribution in [3.05, 3.63) is 48.6 Å². The zero-order valence-electron chi connectivity index (χ0n) is 46.0. The summed E-state index contributed by atoms with van der Waals surface area (Å²) in [6.07, 6.45) is 74.3. The molecule has 69 heavy (non-hydrogen) atoms. The number of nitrogens with one attached hydrogen (secondary N) is 1. The van der Waals surface area contributed by atoms with E-state index in [1.807, 2.05) is 6.08 Å². The van der Waals surface area contributed by atoms with E-state index < -0.39 is 12.1 Å². The Morgan fingerprint density at radius 1 is 0.406 bits per heavy atom. The fourth-order valence-electron chi connectivity index (χ4n) is 9.13. The third-order valence-corrected chi connectivity index (χ3v) is 13.8. The highest BCUT2D eigenvalue weighted by molar-refractivity contribution is 5.76. The van der Waals surface area contributed by atoms with Gasteiger partial charge in [0.1, 0.15) is 0 Å². The average molecular weight is 969 g/mol. The molecule has 6 heteroatoms. The monoisotopic (exact) mass is 968 g/mol. The summed E-state index contributed by atoms with van der Waals surface area (Å²) in [6, 6.07) is -0.642. The summed E-state index contributed by atoms with van der Waals surface area (Å²) in [6.45, 7) is 4.84. The lowest BCUT2D eigenvalue weighted by Gasteiger charge is -2.20. The van der Waals surface area contributed by atoms with E-state index in [1.54, 1.807) is 6.08 Å². The second kappa shape index (κ2) is 58.4. The van der Waals surface area contributed by atoms with Gasteiger partial charge in [-0.15, -0.1) is 0 Å². The topological polar surface area (TPSA) is 95.9 Å². The molecule has 0 aliphatic rings. The normalized spacial score (nSPS) is 12.9. The smallest absolute Gasteiger partial charge is 0.305 e. The molecule has 0 aromatic heterocycles. The Labute approximate surface area is 429 Å². The van der Waals surface area contributed by atoms with E-state index in [1.165, 1.54) is 205 Å². The maximum Gasteiger partial charge on any atom is 0.305 e. The van der Waals surface area contributed by atoms with Crippen molar-refractivity contribution in [2.24, 2.45) is 0 Å². The summed E-state index contributed by atoms with van der Waals surface area (Å²) in [4.78, 5) is 24.5. The highest BCUT2D eigenvalue weighted by Crippen LogP contribution is 2.17. The van der Waals surface area contributed by atoms with Crippen LogP contribution in [0.5, 0.6) is 0 Å². The minimum Gasteiger partial charge on any atom is -0.466 e.